The van der Waals surface area contributed by atoms with Gasteiger partial charge in [0.2, 0.25) is 0 Å². The molecule has 0 bridgehead atoms. The van der Waals surface area contributed by atoms with Gasteiger partial charge in [0.25, 0.3) is 0 Å². The number of nitrogens with zero attached hydrogens (tertiary/aromatic N) is 2. The van der Waals surface area contributed by atoms with Crippen molar-refractivity contribution in [3.05, 3.63) is 53.9 Å². The van der Waals surface area contributed by atoms with Gasteiger partial charge in [-0.3, -0.25) is 4.68 Å². The molecular weight excluding hydrogens is 262 g/mol. The molecule has 0 fully saturated rings. The molecule has 114 valence electrons. The number of benzene rings is 1. The van der Waals surface area contributed by atoms with Crippen LogP contribution in [0.15, 0.2) is 42.7 Å². The van der Waals surface area contributed by atoms with Crippen LogP contribution in [0.25, 0.3) is 0 Å². The molecular formula is C17H25N3O. The molecule has 0 saturated heterocycles. The summed E-state index contributed by atoms with van der Waals surface area (Å²) < 4.78 is 1.96. The number of nitrogens with one attached hydrogen (secondary N) is 1. The van der Waals surface area contributed by atoms with E-state index >= 15 is 0 Å². The van der Waals surface area contributed by atoms with Gasteiger partial charge in [0, 0.05) is 18.8 Å². The van der Waals surface area contributed by atoms with Crippen molar-refractivity contribution in [1.29, 1.82) is 0 Å². The van der Waals surface area contributed by atoms with Gasteiger partial charge in [0.1, 0.15) is 0 Å². The summed E-state index contributed by atoms with van der Waals surface area (Å²) in [5, 5.41) is 18.4. The van der Waals surface area contributed by atoms with Gasteiger partial charge in [-0.1, -0.05) is 30.3 Å². The highest BCUT2D eigenvalue weighted by atomic mass is 16.3. The Bertz CT molecular complexity index is 562. The molecule has 2 N–H and O–H groups in total. The first-order valence-electron chi connectivity index (χ1n) is 7.42. The third-order valence-electron chi connectivity index (χ3n) is 4.04. The summed E-state index contributed by atoms with van der Waals surface area (Å²) in [6.45, 7) is 8.62. The average molecular weight is 287 g/mol. The predicted octanol–water partition coefficient (Wildman–Crippen LogP) is 2.64. The maximum atomic E-state index is 10.6. The van der Waals surface area contributed by atoms with Crippen LogP contribution in [0.3, 0.4) is 0 Å². The molecule has 0 aliphatic rings. The monoisotopic (exact) mass is 287 g/mol. The zero-order chi connectivity index (χ0) is 15.5. The Kier molecular flexibility index (Phi) is 4.80. The number of rotatable bonds is 6. The third kappa shape index (κ3) is 3.93. The summed E-state index contributed by atoms with van der Waals surface area (Å²) in [7, 11) is 0. The first kappa shape index (κ1) is 15.7. The van der Waals surface area contributed by atoms with Crippen molar-refractivity contribution in [2.24, 2.45) is 0 Å². The van der Waals surface area contributed by atoms with Crippen LogP contribution in [0.2, 0.25) is 0 Å². The fraction of sp³-hybridized carbons (Fsp3) is 0.471. The summed E-state index contributed by atoms with van der Waals surface area (Å²) in [5.74, 6) is 0. The van der Waals surface area contributed by atoms with Gasteiger partial charge in [-0.05, 0) is 38.8 Å². The summed E-state index contributed by atoms with van der Waals surface area (Å²) in [5.41, 5.74) is 1.20. The molecule has 2 rings (SSSR count). The summed E-state index contributed by atoms with van der Waals surface area (Å²) in [6, 6.07) is 10.2. The molecule has 1 aromatic heterocycles. The van der Waals surface area contributed by atoms with Gasteiger partial charge >= 0.3 is 0 Å². The van der Waals surface area contributed by atoms with Gasteiger partial charge in [-0.2, -0.15) is 5.10 Å². The summed E-state index contributed by atoms with van der Waals surface area (Å²) >= 11 is 0. The SMILES string of the molecule is Cc1cnn([C@H](C)[C@@H](C)NC[C@@](C)(O)c2ccccc2)c1. The fourth-order valence-electron chi connectivity index (χ4n) is 2.31. The van der Waals surface area contributed by atoms with E-state index in [2.05, 4.69) is 24.3 Å². The van der Waals surface area contributed by atoms with E-state index in [9.17, 15) is 5.11 Å². The molecule has 0 unspecified atom stereocenters. The van der Waals surface area contributed by atoms with Crippen molar-refractivity contribution < 1.29 is 5.11 Å². The Balaban J connectivity index is 1.96. The Morgan fingerprint density at radius 3 is 2.52 bits per heavy atom. The van der Waals surface area contributed by atoms with Crippen LogP contribution in [0.4, 0.5) is 0 Å². The minimum atomic E-state index is -0.880. The van der Waals surface area contributed by atoms with Crippen molar-refractivity contribution in [2.45, 2.75) is 45.4 Å². The van der Waals surface area contributed by atoms with E-state index < -0.39 is 5.60 Å². The predicted molar refractivity (Wildman–Crippen MR) is 85.2 cm³/mol. The molecule has 0 aliphatic carbocycles. The summed E-state index contributed by atoms with van der Waals surface area (Å²) in [4.78, 5) is 0. The van der Waals surface area contributed by atoms with Crippen molar-refractivity contribution in [1.82, 2.24) is 15.1 Å². The molecule has 0 amide bonds. The maximum absolute atomic E-state index is 10.6. The number of hydrogen-bond donors (Lipinski definition) is 2. The summed E-state index contributed by atoms with van der Waals surface area (Å²) in [6.07, 6.45) is 3.90. The molecule has 0 radical (unpaired) electrons. The second-order valence-corrected chi connectivity index (χ2v) is 6.05. The molecule has 2 aromatic rings. The lowest BCUT2D eigenvalue weighted by molar-refractivity contribution is 0.0524. The number of aliphatic hydroxyl groups is 1. The standard InChI is InChI=1S/C17H25N3O/c1-13-10-19-20(11-13)15(3)14(2)18-12-17(4,21)16-8-6-5-7-9-16/h5-11,14-15,18,21H,12H2,1-4H3/t14-,15-,17-/m1/s1. The van der Waals surface area contributed by atoms with Gasteiger partial charge in [-0.15, -0.1) is 0 Å². The van der Waals surface area contributed by atoms with Gasteiger partial charge in [0.05, 0.1) is 17.8 Å². The van der Waals surface area contributed by atoms with Crippen LogP contribution < -0.4 is 5.32 Å². The van der Waals surface area contributed by atoms with E-state index in [0.717, 1.165) is 11.1 Å². The van der Waals surface area contributed by atoms with E-state index in [1.165, 1.54) is 0 Å². The minimum absolute atomic E-state index is 0.208. The van der Waals surface area contributed by atoms with Crippen molar-refractivity contribution in [3.8, 4) is 0 Å². The average Bonchev–Trinajstić information content (AvgIpc) is 2.91. The zero-order valence-electron chi connectivity index (χ0n) is 13.2. The normalized spacial score (nSPS) is 17.2. The molecule has 0 aliphatic heterocycles. The quantitative estimate of drug-likeness (QED) is 0.858. The van der Waals surface area contributed by atoms with Gasteiger partial charge < -0.3 is 10.4 Å². The topological polar surface area (TPSA) is 50.1 Å². The van der Waals surface area contributed by atoms with E-state index in [-0.39, 0.29) is 12.1 Å². The molecule has 21 heavy (non-hydrogen) atoms. The van der Waals surface area contributed by atoms with Gasteiger partial charge in [0.15, 0.2) is 0 Å². The lowest BCUT2D eigenvalue weighted by Crippen LogP contribution is -2.42. The molecule has 4 nitrogen and oxygen atoms in total. The van der Waals surface area contributed by atoms with Crippen LogP contribution in [0.5, 0.6) is 0 Å². The van der Waals surface area contributed by atoms with E-state index in [1.54, 1.807) is 0 Å². The highest BCUT2D eigenvalue weighted by Gasteiger charge is 2.24. The van der Waals surface area contributed by atoms with E-state index in [4.69, 9.17) is 0 Å². The van der Waals surface area contributed by atoms with Crippen LogP contribution in [-0.2, 0) is 5.60 Å². The molecule has 1 heterocycles. The van der Waals surface area contributed by atoms with Crippen LogP contribution in [0.1, 0.15) is 37.9 Å². The molecule has 4 heteroatoms. The second-order valence-electron chi connectivity index (χ2n) is 6.05. The number of aromatic nitrogens is 2. The molecule has 1 aromatic carbocycles. The Labute approximate surface area is 126 Å². The Morgan fingerprint density at radius 2 is 1.95 bits per heavy atom. The largest absolute Gasteiger partial charge is 0.384 e. The lowest BCUT2D eigenvalue weighted by Gasteiger charge is -2.29. The van der Waals surface area contributed by atoms with Crippen LogP contribution >= 0.6 is 0 Å². The Hall–Kier alpha value is -1.65. The third-order valence-corrected chi connectivity index (χ3v) is 4.04. The highest BCUT2D eigenvalue weighted by molar-refractivity contribution is 5.21. The first-order chi connectivity index (χ1) is 9.90. The zero-order valence-corrected chi connectivity index (χ0v) is 13.2. The minimum Gasteiger partial charge on any atom is -0.384 e. The smallest absolute Gasteiger partial charge is 0.0992 e. The molecule has 3 atom stereocenters. The van der Waals surface area contributed by atoms with Crippen molar-refractivity contribution in [2.75, 3.05) is 6.54 Å². The number of aryl methyl sites for hydroxylation is 1. The fourth-order valence-corrected chi connectivity index (χ4v) is 2.31. The highest BCUT2D eigenvalue weighted by Crippen LogP contribution is 2.20. The van der Waals surface area contributed by atoms with Crippen molar-refractivity contribution in [3.63, 3.8) is 0 Å². The second kappa shape index (κ2) is 6.41. The van der Waals surface area contributed by atoms with E-state index in [0.29, 0.717) is 6.54 Å². The maximum Gasteiger partial charge on any atom is 0.0992 e. The molecule has 0 spiro atoms. The molecule has 0 saturated carbocycles. The van der Waals surface area contributed by atoms with E-state index in [1.807, 2.05) is 61.3 Å². The first-order valence-corrected chi connectivity index (χ1v) is 7.42. The Morgan fingerprint density at radius 1 is 1.29 bits per heavy atom. The lowest BCUT2D eigenvalue weighted by atomic mass is 9.95. The van der Waals surface area contributed by atoms with Gasteiger partial charge in [-0.25, -0.2) is 0 Å². The van der Waals surface area contributed by atoms with Crippen LogP contribution in [-0.4, -0.2) is 27.5 Å². The van der Waals surface area contributed by atoms with Crippen LogP contribution in [0, 0.1) is 6.92 Å². The number of hydrogen-bond acceptors (Lipinski definition) is 3. The van der Waals surface area contributed by atoms with Crippen molar-refractivity contribution >= 4 is 0 Å².